The first kappa shape index (κ1) is 6.25. The normalized spacial score (nSPS) is 18.2. The Morgan fingerprint density at radius 3 is 2.67 bits per heavy atom. The molecule has 0 bridgehead atoms. The largest absolute Gasteiger partial charge is 0.317 e. The number of halogens is 2. The summed E-state index contributed by atoms with van der Waals surface area (Å²) in [6.45, 7) is -0.793. The van der Waals surface area contributed by atoms with Crippen LogP contribution in [0.2, 0.25) is 0 Å². The van der Waals surface area contributed by atoms with Crippen molar-refractivity contribution in [2.45, 2.75) is 13.5 Å². The number of alkyl halides is 2. The van der Waals surface area contributed by atoms with Gasteiger partial charge in [-0.2, -0.15) is 13.9 Å². The van der Waals surface area contributed by atoms with E-state index >= 15 is 0 Å². The number of hydrogen-bond acceptors (Lipinski definition) is 3. The minimum Gasteiger partial charge on any atom is -0.289 e. The van der Waals surface area contributed by atoms with Crippen molar-refractivity contribution in [1.82, 2.24) is 10.3 Å². The summed E-state index contributed by atoms with van der Waals surface area (Å²) in [7, 11) is 0. The van der Waals surface area contributed by atoms with Crippen LogP contribution in [0.4, 0.5) is 8.78 Å². The number of hydrogen-bond donors (Lipinski definition) is 1. The van der Waals surface area contributed by atoms with Crippen LogP contribution >= 0.6 is 0 Å². The van der Waals surface area contributed by atoms with Crippen LogP contribution in [-0.4, -0.2) is 24.0 Å². The van der Waals surface area contributed by atoms with Gasteiger partial charge < -0.3 is 0 Å². The highest BCUT2D eigenvalue weighted by Gasteiger charge is 2.20. The molecule has 1 rings (SSSR count). The first-order valence-electron chi connectivity index (χ1n) is 2.54. The second-order valence-electron chi connectivity index (χ2n) is 1.72. The van der Waals surface area contributed by atoms with Crippen LogP contribution in [0.25, 0.3) is 0 Å². The molecule has 0 aliphatic carbocycles. The van der Waals surface area contributed by atoms with Gasteiger partial charge in [0.2, 0.25) is 0 Å². The molecule has 1 aliphatic heterocycles. The SMILES string of the molecule is CC1=NNCN1C(F)F. The zero-order valence-electron chi connectivity index (χ0n) is 4.93. The van der Waals surface area contributed by atoms with Gasteiger partial charge in [0.15, 0.2) is 0 Å². The van der Waals surface area contributed by atoms with Crippen molar-refractivity contribution in [3.8, 4) is 0 Å². The van der Waals surface area contributed by atoms with Crippen molar-refractivity contribution in [1.29, 1.82) is 0 Å². The van der Waals surface area contributed by atoms with Gasteiger partial charge in [0, 0.05) is 0 Å². The van der Waals surface area contributed by atoms with E-state index in [1.807, 2.05) is 0 Å². The summed E-state index contributed by atoms with van der Waals surface area (Å²) >= 11 is 0. The van der Waals surface area contributed by atoms with Gasteiger partial charge in [0.25, 0.3) is 0 Å². The molecule has 5 heteroatoms. The third-order valence-electron chi connectivity index (χ3n) is 1.13. The van der Waals surface area contributed by atoms with E-state index in [4.69, 9.17) is 0 Å². The molecule has 52 valence electrons. The maximum Gasteiger partial charge on any atom is 0.317 e. The van der Waals surface area contributed by atoms with Gasteiger partial charge in [-0.1, -0.05) is 0 Å². The predicted molar refractivity (Wildman–Crippen MR) is 29.0 cm³/mol. The minimum atomic E-state index is -2.44. The lowest BCUT2D eigenvalue weighted by atomic mass is 10.6. The van der Waals surface area contributed by atoms with Gasteiger partial charge in [-0.3, -0.25) is 10.3 Å². The van der Waals surface area contributed by atoms with E-state index in [0.717, 1.165) is 4.90 Å². The molecule has 1 N–H and O–H groups in total. The average Bonchev–Trinajstić information content (AvgIpc) is 2.13. The molecule has 0 saturated carbocycles. The summed E-state index contributed by atoms with van der Waals surface area (Å²) in [5, 5.41) is 3.55. The summed E-state index contributed by atoms with van der Waals surface area (Å²) in [4.78, 5) is 0.875. The second-order valence-corrected chi connectivity index (χ2v) is 1.72. The van der Waals surface area contributed by atoms with Crippen LogP contribution in [0.15, 0.2) is 5.10 Å². The van der Waals surface area contributed by atoms with Crippen LogP contribution in [0.1, 0.15) is 6.92 Å². The molecule has 0 aromatic carbocycles. The van der Waals surface area contributed by atoms with E-state index in [9.17, 15) is 8.78 Å². The van der Waals surface area contributed by atoms with Crippen LogP contribution in [-0.2, 0) is 0 Å². The highest BCUT2D eigenvalue weighted by Crippen LogP contribution is 2.05. The Morgan fingerprint density at radius 2 is 2.44 bits per heavy atom. The van der Waals surface area contributed by atoms with Gasteiger partial charge in [0.05, 0.1) is 0 Å². The molecule has 1 heterocycles. The smallest absolute Gasteiger partial charge is 0.289 e. The third kappa shape index (κ3) is 1.09. The van der Waals surface area contributed by atoms with Crippen molar-refractivity contribution >= 4 is 5.84 Å². The lowest BCUT2D eigenvalue weighted by molar-refractivity contribution is 0.0239. The van der Waals surface area contributed by atoms with E-state index in [1.54, 1.807) is 0 Å². The fourth-order valence-electron chi connectivity index (χ4n) is 0.615. The first-order valence-corrected chi connectivity index (χ1v) is 2.54. The molecule has 3 nitrogen and oxygen atoms in total. The third-order valence-corrected chi connectivity index (χ3v) is 1.13. The molecule has 0 radical (unpaired) electrons. The number of amidine groups is 1. The molecule has 0 spiro atoms. The standard InChI is InChI=1S/C4H7F2N3/c1-3-8-7-2-9(3)4(5)6/h4,7H,2H2,1H3. The van der Waals surface area contributed by atoms with Gasteiger partial charge in [0.1, 0.15) is 12.5 Å². The summed E-state index contributed by atoms with van der Waals surface area (Å²) in [5.41, 5.74) is 2.44. The van der Waals surface area contributed by atoms with E-state index in [0.29, 0.717) is 5.84 Å². The number of rotatable bonds is 1. The molecule has 0 atom stereocenters. The average molecular weight is 135 g/mol. The Morgan fingerprint density at radius 1 is 1.78 bits per heavy atom. The summed E-state index contributed by atoms with van der Waals surface area (Å²) in [5.74, 6) is 0.338. The monoisotopic (exact) mass is 135 g/mol. The number of nitrogens with one attached hydrogen (secondary N) is 1. The fourth-order valence-corrected chi connectivity index (χ4v) is 0.615. The van der Waals surface area contributed by atoms with E-state index in [1.165, 1.54) is 6.92 Å². The quantitative estimate of drug-likeness (QED) is 0.527. The van der Waals surface area contributed by atoms with Crippen LogP contribution in [0.5, 0.6) is 0 Å². The molecule has 9 heavy (non-hydrogen) atoms. The maximum atomic E-state index is 11.8. The lowest BCUT2D eigenvalue weighted by Crippen LogP contribution is -2.32. The second kappa shape index (κ2) is 2.16. The van der Waals surface area contributed by atoms with Gasteiger partial charge in [-0.05, 0) is 6.92 Å². The van der Waals surface area contributed by atoms with Crippen molar-refractivity contribution in [2.75, 3.05) is 6.67 Å². The Bertz CT molecular complexity index is 134. The summed E-state index contributed by atoms with van der Waals surface area (Å²) in [6.07, 6.45) is 0. The Hall–Kier alpha value is -0.870. The predicted octanol–water partition coefficient (Wildman–Crippen LogP) is 0.405. The van der Waals surface area contributed by atoms with Crippen LogP contribution in [0.3, 0.4) is 0 Å². The minimum absolute atomic E-state index is 0.115. The highest BCUT2D eigenvalue weighted by atomic mass is 19.3. The number of hydrazone groups is 1. The fraction of sp³-hybridized carbons (Fsp3) is 0.750. The van der Waals surface area contributed by atoms with Crippen LogP contribution < -0.4 is 5.43 Å². The van der Waals surface area contributed by atoms with Crippen molar-refractivity contribution in [3.05, 3.63) is 0 Å². The zero-order valence-corrected chi connectivity index (χ0v) is 4.93. The molecular weight excluding hydrogens is 128 g/mol. The van der Waals surface area contributed by atoms with E-state index < -0.39 is 6.55 Å². The number of nitrogens with zero attached hydrogens (tertiary/aromatic N) is 2. The zero-order chi connectivity index (χ0) is 6.85. The van der Waals surface area contributed by atoms with Crippen molar-refractivity contribution in [2.24, 2.45) is 5.10 Å². The Balaban J connectivity index is 2.53. The maximum absolute atomic E-state index is 11.8. The summed E-state index contributed by atoms with van der Waals surface area (Å²) < 4.78 is 23.6. The molecule has 0 saturated heterocycles. The van der Waals surface area contributed by atoms with Gasteiger partial charge in [-0.25, -0.2) is 0 Å². The lowest BCUT2D eigenvalue weighted by Gasteiger charge is -2.13. The molecule has 0 amide bonds. The van der Waals surface area contributed by atoms with E-state index in [-0.39, 0.29) is 6.67 Å². The van der Waals surface area contributed by atoms with Crippen molar-refractivity contribution < 1.29 is 8.78 Å². The van der Waals surface area contributed by atoms with Crippen molar-refractivity contribution in [3.63, 3.8) is 0 Å². The molecule has 0 aromatic rings. The van der Waals surface area contributed by atoms with Gasteiger partial charge in [-0.15, -0.1) is 0 Å². The highest BCUT2D eigenvalue weighted by molar-refractivity contribution is 5.80. The molecule has 0 fully saturated rings. The molecule has 0 unspecified atom stereocenters. The molecule has 0 aromatic heterocycles. The topological polar surface area (TPSA) is 27.6 Å². The van der Waals surface area contributed by atoms with Gasteiger partial charge >= 0.3 is 6.55 Å². The first-order chi connectivity index (χ1) is 4.22. The summed E-state index contributed by atoms with van der Waals surface area (Å²) in [6, 6.07) is 0. The molecular formula is C4H7F2N3. The van der Waals surface area contributed by atoms with Crippen LogP contribution in [0, 0.1) is 0 Å². The van der Waals surface area contributed by atoms with E-state index in [2.05, 4.69) is 10.5 Å². The molecule has 1 aliphatic rings. The Labute approximate surface area is 51.3 Å². The Kier molecular flexibility index (Phi) is 1.50.